The summed E-state index contributed by atoms with van der Waals surface area (Å²) in [4.78, 5) is 11.5. The van der Waals surface area contributed by atoms with Crippen molar-refractivity contribution >= 4 is 12.1 Å². The number of hydrogen-bond donors (Lipinski definition) is 1. The highest BCUT2D eigenvalue weighted by Crippen LogP contribution is 2.25. The maximum absolute atomic E-state index is 11.5. The van der Waals surface area contributed by atoms with Crippen molar-refractivity contribution in [3.05, 3.63) is 29.8 Å². The molecule has 1 aromatic carbocycles. The maximum Gasteiger partial charge on any atom is 0.277 e. The van der Waals surface area contributed by atoms with Gasteiger partial charge in [0, 0.05) is 6.21 Å². The number of carbonyl (C=O) groups is 1. The van der Waals surface area contributed by atoms with Gasteiger partial charge in [-0.25, -0.2) is 5.43 Å². The molecule has 0 spiro atoms. The van der Waals surface area contributed by atoms with E-state index in [1.807, 2.05) is 38.1 Å². The highest BCUT2D eigenvalue weighted by Gasteiger charge is 2.08. The van der Waals surface area contributed by atoms with Gasteiger partial charge in [0.05, 0.1) is 0 Å². The lowest BCUT2D eigenvalue weighted by Crippen LogP contribution is -2.25. The molecule has 104 valence electrons. The van der Waals surface area contributed by atoms with E-state index in [0.717, 1.165) is 11.3 Å². The molecule has 0 aliphatic carbocycles. The molecule has 4 heteroatoms. The SMILES string of the molecule is CC(C)/C=N/NC(=O)COc1ccccc1C(C)C. The van der Waals surface area contributed by atoms with Crippen molar-refractivity contribution < 1.29 is 9.53 Å². The molecule has 0 aliphatic heterocycles. The predicted molar refractivity (Wildman–Crippen MR) is 77.5 cm³/mol. The van der Waals surface area contributed by atoms with E-state index in [9.17, 15) is 4.79 Å². The average molecular weight is 262 g/mol. The molecule has 0 heterocycles. The average Bonchev–Trinajstić information content (AvgIpc) is 2.36. The van der Waals surface area contributed by atoms with E-state index in [-0.39, 0.29) is 12.5 Å². The summed E-state index contributed by atoms with van der Waals surface area (Å²) >= 11 is 0. The Balaban J connectivity index is 2.51. The van der Waals surface area contributed by atoms with Gasteiger partial charge in [0.1, 0.15) is 5.75 Å². The van der Waals surface area contributed by atoms with Gasteiger partial charge in [-0.3, -0.25) is 4.79 Å². The number of ether oxygens (including phenoxy) is 1. The molecule has 1 N–H and O–H groups in total. The van der Waals surface area contributed by atoms with Crippen LogP contribution in [0, 0.1) is 5.92 Å². The zero-order chi connectivity index (χ0) is 14.3. The normalized spacial score (nSPS) is 11.3. The minimum atomic E-state index is -0.254. The lowest BCUT2D eigenvalue weighted by atomic mass is 10.0. The van der Waals surface area contributed by atoms with Crippen LogP contribution in [0.1, 0.15) is 39.2 Å². The molecule has 19 heavy (non-hydrogen) atoms. The number of carbonyl (C=O) groups excluding carboxylic acids is 1. The summed E-state index contributed by atoms with van der Waals surface area (Å²) in [6.07, 6.45) is 1.68. The number of benzene rings is 1. The predicted octanol–water partition coefficient (Wildman–Crippen LogP) is 2.95. The van der Waals surface area contributed by atoms with Gasteiger partial charge in [-0.15, -0.1) is 0 Å². The van der Waals surface area contributed by atoms with E-state index in [0.29, 0.717) is 11.8 Å². The highest BCUT2D eigenvalue weighted by atomic mass is 16.5. The number of nitrogens with one attached hydrogen (secondary N) is 1. The fourth-order valence-corrected chi connectivity index (χ4v) is 1.52. The zero-order valence-electron chi connectivity index (χ0n) is 12.0. The van der Waals surface area contributed by atoms with Gasteiger partial charge in [0.2, 0.25) is 0 Å². The number of hydrazone groups is 1. The molecular formula is C15H22N2O2. The molecule has 1 rings (SSSR count). The second-order valence-corrected chi connectivity index (χ2v) is 5.04. The number of hydrogen-bond acceptors (Lipinski definition) is 3. The van der Waals surface area contributed by atoms with Crippen LogP contribution in [0.2, 0.25) is 0 Å². The first-order valence-corrected chi connectivity index (χ1v) is 6.54. The Bertz CT molecular complexity index is 440. The van der Waals surface area contributed by atoms with Crippen molar-refractivity contribution in [2.24, 2.45) is 11.0 Å². The van der Waals surface area contributed by atoms with Crippen LogP contribution in [-0.4, -0.2) is 18.7 Å². The minimum absolute atomic E-state index is 0.0286. The van der Waals surface area contributed by atoms with Crippen LogP contribution in [0.3, 0.4) is 0 Å². The summed E-state index contributed by atoms with van der Waals surface area (Å²) in [5, 5.41) is 3.84. The molecule has 1 aromatic rings. The molecule has 0 saturated heterocycles. The van der Waals surface area contributed by atoms with Gasteiger partial charge < -0.3 is 4.74 Å². The molecule has 4 nitrogen and oxygen atoms in total. The van der Waals surface area contributed by atoms with E-state index < -0.39 is 0 Å². The van der Waals surface area contributed by atoms with Crippen molar-refractivity contribution in [3.8, 4) is 5.75 Å². The quantitative estimate of drug-likeness (QED) is 0.633. The van der Waals surface area contributed by atoms with Gasteiger partial charge in [0.15, 0.2) is 6.61 Å². The van der Waals surface area contributed by atoms with Crippen molar-refractivity contribution in [2.45, 2.75) is 33.6 Å². The van der Waals surface area contributed by atoms with Crippen molar-refractivity contribution in [1.29, 1.82) is 0 Å². The summed E-state index contributed by atoms with van der Waals surface area (Å²) in [7, 11) is 0. The van der Waals surface area contributed by atoms with Crippen LogP contribution in [0.25, 0.3) is 0 Å². The molecule has 0 unspecified atom stereocenters. The second kappa shape index (κ2) is 7.56. The Morgan fingerprint density at radius 2 is 2.00 bits per heavy atom. The third-order valence-corrected chi connectivity index (χ3v) is 2.46. The fourth-order valence-electron chi connectivity index (χ4n) is 1.52. The van der Waals surface area contributed by atoms with E-state index in [1.54, 1.807) is 6.21 Å². The molecule has 0 fully saturated rings. The molecule has 0 atom stereocenters. The summed E-state index contributed by atoms with van der Waals surface area (Å²) in [6, 6.07) is 7.75. The summed E-state index contributed by atoms with van der Waals surface area (Å²) in [6.45, 7) is 8.14. The monoisotopic (exact) mass is 262 g/mol. The molecule has 0 aromatic heterocycles. The lowest BCUT2D eigenvalue weighted by molar-refractivity contribution is -0.123. The third kappa shape index (κ3) is 5.55. The second-order valence-electron chi connectivity index (χ2n) is 5.04. The third-order valence-electron chi connectivity index (χ3n) is 2.46. The lowest BCUT2D eigenvalue weighted by Gasteiger charge is -2.13. The van der Waals surface area contributed by atoms with Crippen LogP contribution in [0.5, 0.6) is 5.75 Å². The van der Waals surface area contributed by atoms with Gasteiger partial charge in [-0.05, 0) is 23.5 Å². The summed E-state index contributed by atoms with van der Waals surface area (Å²) in [5.41, 5.74) is 3.54. The van der Waals surface area contributed by atoms with Crippen LogP contribution in [0.15, 0.2) is 29.4 Å². The Labute approximate surface area is 114 Å². The van der Waals surface area contributed by atoms with E-state index in [2.05, 4.69) is 24.4 Å². The number of amides is 1. The van der Waals surface area contributed by atoms with Crippen molar-refractivity contribution in [1.82, 2.24) is 5.43 Å². The van der Waals surface area contributed by atoms with E-state index in [1.165, 1.54) is 0 Å². The first kappa shape index (κ1) is 15.2. The molecule has 0 bridgehead atoms. The first-order valence-electron chi connectivity index (χ1n) is 6.54. The van der Waals surface area contributed by atoms with Gasteiger partial charge in [0.25, 0.3) is 5.91 Å². The summed E-state index contributed by atoms with van der Waals surface area (Å²) < 4.78 is 5.53. The van der Waals surface area contributed by atoms with Crippen molar-refractivity contribution in [3.63, 3.8) is 0 Å². The maximum atomic E-state index is 11.5. The van der Waals surface area contributed by atoms with E-state index >= 15 is 0 Å². The number of rotatable bonds is 6. The number of para-hydroxylation sites is 1. The number of nitrogens with zero attached hydrogens (tertiary/aromatic N) is 1. The van der Waals surface area contributed by atoms with Gasteiger partial charge >= 0.3 is 0 Å². The van der Waals surface area contributed by atoms with Crippen LogP contribution in [-0.2, 0) is 4.79 Å². The smallest absolute Gasteiger partial charge is 0.277 e. The first-order chi connectivity index (χ1) is 9.00. The zero-order valence-corrected chi connectivity index (χ0v) is 12.0. The Kier molecular flexibility index (Phi) is 6.06. The Morgan fingerprint density at radius 3 is 2.63 bits per heavy atom. The van der Waals surface area contributed by atoms with Crippen LogP contribution >= 0.6 is 0 Å². The largest absolute Gasteiger partial charge is 0.483 e. The van der Waals surface area contributed by atoms with Crippen LogP contribution < -0.4 is 10.2 Å². The molecular weight excluding hydrogens is 240 g/mol. The topological polar surface area (TPSA) is 50.7 Å². The highest BCUT2D eigenvalue weighted by molar-refractivity contribution is 5.78. The van der Waals surface area contributed by atoms with Gasteiger partial charge in [-0.1, -0.05) is 45.9 Å². The minimum Gasteiger partial charge on any atom is -0.483 e. The van der Waals surface area contributed by atoms with Crippen molar-refractivity contribution in [2.75, 3.05) is 6.61 Å². The standard InChI is InChI=1S/C15H22N2O2/c1-11(2)9-16-17-15(18)10-19-14-8-6-5-7-13(14)12(3)4/h5-9,11-12H,10H2,1-4H3,(H,17,18)/b16-9+. The van der Waals surface area contributed by atoms with Crippen LogP contribution in [0.4, 0.5) is 0 Å². The molecule has 0 aliphatic rings. The summed E-state index contributed by atoms with van der Waals surface area (Å²) in [5.74, 6) is 1.16. The Morgan fingerprint density at radius 1 is 1.32 bits per heavy atom. The molecule has 0 saturated carbocycles. The molecule has 1 amide bonds. The van der Waals surface area contributed by atoms with E-state index in [4.69, 9.17) is 4.74 Å². The Hall–Kier alpha value is -1.84. The fraction of sp³-hybridized carbons (Fsp3) is 0.467. The molecule has 0 radical (unpaired) electrons. The van der Waals surface area contributed by atoms with Gasteiger partial charge in [-0.2, -0.15) is 5.10 Å².